The van der Waals surface area contributed by atoms with Gasteiger partial charge in [0.15, 0.2) is 0 Å². The standard InChI is InChI=1S/C48H84O4/c1-3-5-7-9-12-16-37-20-24-39(25-21-37)41-28-32-44(33-29-41)47(49)51-36-46(43-18-14-11-15-19-43)52-48(50)45-34-30-42(31-35-45)40-26-22-38(23-27-40)17-13-10-8-6-4-2/h37-46H,3-36H2,1-2H3. The lowest BCUT2D eigenvalue weighted by atomic mass is 9.68. The van der Waals surface area contributed by atoms with Gasteiger partial charge in [-0.1, -0.05) is 136 Å². The molecular formula is C48H84O4. The van der Waals surface area contributed by atoms with Crippen molar-refractivity contribution in [1.82, 2.24) is 0 Å². The van der Waals surface area contributed by atoms with Crippen LogP contribution in [-0.2, 0) is 19.1 Å². The summed E-state index contributed by atoms with van der Waals surface area (Å²) in [6.45, 7) is 4.88. The third-order valence-electron chi connectivity index (χ3n) is 15.6. The number of carbonyl (C=O) groups excluding carboxylic acids is 2. The monoisotopic (exact) mass is 725 g/mol. The van der Waals surface area contributed by atoms with Crippen molar-refractivity contribution in [1.29, 1.82) is 0 Å². The van der Waals surface area contributed by atoms with E-state index in [9.17, 15) is 9.59 Å². The van der Waals surface area contributed by atoms with Crippen LogP contribution in [0.5, 0.6) is 0 Å². The predicted octanol–water partition coefficient (Wildman–Crippen LogP) is 14.0. The van der Waals surface area contributed by atoms with Crippen LogP contribution in [0.3, 0.4) is 0 Å². The Kier molecular flexibility index (Phi) is 19.2. The molecule has 0 aromatic heterocycles. The zero-order chi connectivity index (χ0) is 36.4. The molecule has 5 rings (SSSR count). The zero-order valence-electron chi connectivity index (χ0n) is 34.4. The minimum absolute atomic E-state index is 0.00331. The molecule has 4 heteroatoms. The Balaban J connectivity index is 0.981. The van der Waals surface area contributed by atoms with E-state index >= 15 is 0 Å². The Hall–Kier alpha value is -1.06. The van der Waals surface area contributed by atoms with Gasteiger partial charge in [0.2, 0.25) is 0 Å². The van der Waals surface area contributed by atoms with Crippen LogP contribution < -0.4 is 0 Å². The van der Waals surface area contributed by atoms with Gasteiger partial charge in [-0.05, 0) is 131 Å². The fourth-order valence-corrected chi connectivity index (χ4v) is 11.9. The second kappa shape index (κ2) is 23.8. The molecule has 0 bridgehead atoms. The summed E-state index contributed by atoms with van der Waals surface area (Å²) in [7, 11) is 0. The van der Waals surface area contributed by atoms with E-state index in [1.54, 1.807) is 0 Å². The molecule has 300 valence electrons. The average Bonchev–Trinajstić information content (AvgIpc) is 3.20. The van der Waals surface area contributed by atoms with Gasteiger partial charge in [0, 0.05) is 0 Å². The molecule has 0 saturated heterocycles. The van der Waals surface area contributed by atoms with Crippen molar-refractivity contribution in [3.63, 3.8) is 0 Å². The van der Waals surface area contributed by atoms with Crippen LogP contribution in [0.15, 0.2) is 0 Å². The first-order valence-electron chi connectivity index (χ1n) is 23.9. The van der Waals surface area contributed by atoms with E-state index < -0.39 is 0 Å². The predicted molar refractivity (Wildman–Crippen MR) is 216 cm³/mol. The highest BCUT2D eigenvalue weighted by Gasteiger charge is 2.37. The van der Waals surface area contributed by atoms with Crippen molar-refractivity contribution >= 4 is 11.9 Å². The van der Waals surface area contributed by atoms with E-state index in [0.717, 1.165) is 74.0 Å². The third-order valence-corrected chi connectivity index (χ3v) is 15.6. The van der Waals surface area contributed by atoms with E-state index in [2.05, 4.69) is 13.8 Å². The Morgan fingerprint density at radius 1 is 0.462 bits per heavy atom. The molecule has 52 heavy (non-hydrogen) atoms. The molecule has 0 amide bonds. The van der Waals surface area contributed by atoms with Crippen molar-refractivity contribution in [2.24, 2.45) is 53.3 Å². The highest BCUT2D eigenvalue weighted by molar-refractivity contribution is 5.73. The Morgan fingerprint density at radius 2 is 0.865 bits per heavy atom. The van der Waals surface area contributed by atoms with Crippen molar-refractivity contribution in [2.75, 3.05) is 6.61 Å². The van der Waals surface area contributed by atoms with Gasteiger partial charge in [-0.25, -0.2) is 0 Å². The zero-order valence-corrected chi connectivity index (χ0v) is 34.4. The molecule has 5 saturated carbocycles. The smallest absolute Gasteiger partial charge is 0.309 e. The maximum absolute atomic E-state index is 13.6. The number of hydrogen-bond donors (Lipinski definition) is 0. The van der Waals surface area contributed by atoms with Gasteiger partial charge < -0.3 is 9.47 Å². The number of unbranched alkanes of at least 4 members (excludes halogenated alkanes) is 8. The summed E-state index contributed by atoms with van der Waals surface area (Å²) >= 11 is 0. The lowest BCUT2D eigenvalue weighted by molar-refractivity contribution is -0.170. The molecule has 1 atom stereocenters. The molecule has 5 aliphatic carbocycles. The first-order valence-corrected chi connectivity index (χ1v) is 23.9. The Bertz CT molecular complexity index is 955. The first kappa shape index (κ1) is 42.1. The lowest BCUT2D eigenvalue weighted by Crippen LogP contribution is -2.38. The summed E-state index contributed by atoms with van der Waals surface area (Å²) in [4.78, 5) is 27.0. The maximum Gasteiger partial charge on any atom is 0.309 e. The van der Waals surface area contributed by atoms with E-state index in [1.165, 1.54) is 173 Å². The molecule has 5 aliphatic rings. The molecule has 5 fully saturated rings. The molecule has 0 aliphatic heterocycles. The van der Waals surface area contributed by atoms with Crippen LogP contribution in [0.4, 0.5) is 0 Å². The van der Waals surface area contributed by atoms with E-state index in [0.29, 0.717) is 5.92 Å². The number of carbonyl (C=O) groups is 2. The SMILES string of the molecule is CCCCCCCC1CCC(C2CCC(C(=O)OCC(OC(=O)C3CCC(C4CCC(CCCCCCC)CC4)CC3)C3CCCCC3)CC2)CC1. The van der Waals surface area contributed by atoms with Crippen LogP contribution in [0, 0.1) is 53.3 Å². The highest BCUT2D eigenvalue weighted by Crippen LogP contribution is 2.44. The van der Waals surface area contributed by atoms with Gasteiger partial charge >= 0.3 is 11.9 Å². The second-order valence-electron chi connectivity index (χ2n) is 19.2. The fourth-order valence-electron chi connectivity index (χ4n) is 11.9. The minimum atomic E-state index is -0.259. The topological polar surface area (TPSA) is 52.6 Å². The molecule has 1 unspecified atom stereocenters. The number of esters is 2. The van der Waals surface area contributed by atoms with Crippen LogP contribution in [0.25, 0.3) is 0 Å². The summed E-state index contributed by atoms with van der Waals surface area (Å²) in [5.41, 5.74) is 0. The molecule has 0 aromatic rings. The maximum atomic E-state index is 13.6. The number of ether oxygens (including phenoxy) is 2. The quantitative estimate of drug-likeness (QED) is 0.0926. The lowest BCUT2D eigenvalue weighted by Gasteiger charge is -2.38. The number of hydrogen-bond acceptors (Lipinski definition) is 4. The second-order valence-corrected chi connectivity index (χ2v) is 19.2. The van der Waals surface area contributed by atoms with Crippen molar-refractivity contribution < 1.29 is 19.1 Å². The summed E-state index contributed by atoms with van der Waals surface area (Å²) in [6, 6.07) is 0. The van der Waals surface area contributed by atoms with E-state index in [1.807, 2.05) is 0 Å². The van der Waals surface area contributed by atoms with E-state index in [-0.39, 0.29) is 36.5 Å². The highest BCUT2D eigenvalue weighted by atomic mass is 16.6. The summed E-state index contributed by atoms with van der Waals surface area (Å²) in [5.74, 6) is 5.70. The van der Waals surface area contributed by atoms with Crippen molar-refractivity contribution in [3.05, 3.63) is 0 Å². The normalized spacial score (nSPS) is 32.6. The Morgan fingerprint density at radius 3 is 1.31 bits per heavy atom. The van der Waals surface area contributed by atoms with Gasteiger partial charge in [0.05, 0.1) is 11.8 Å². The molecule has 0 heterocycles. The van der Waals surface area contributed by atoms with Crippen LogP contribution in [0.2, 0.25) is 0 Å². The van der Waals surface area contributed by atoms with Crippen LogP contribution >= 0.6 is 0 Å². The van der Waals surface area contributed by atoms with Gasteiger partial charge in [0.1, 0.15) is 12.7 Å². The third kappa shape index (κ3) is 13.9. The van der Waals surface area contributed by atoms with Crippen LogP contribution in [-0.4, -0.2) is 24.6 Å². The van der Waals surface area contributed by atoms with Crippen molar-refractivity contribution in [3.8, 4) is 0 Å². The largest absolute Gasteiger partial charge is 0.462 e. The molecule has 0 aromatic carbocycles. The van der Waals surface area contributed by atoms with Gasteiger partial charge in [-0.3, -0.25) is 9.59 Å². The molecule has 0 N–H and O–H groups in total. The van der Waals surface area contributed by atoms with Gasteiger partial charge in [0.25, 0.3) is 0 Å². The molecular weight excluding hydrogens is 641 g/mol. The minimum Gasteiger partial charge on any atom is -0.462 e. The first-order chi connectivity index (χ1) is 25.5. The fraction of sp³-hybridized carbons (Fsp3) is 0.958. The van der Waals surface area contributed by atoms with E-state index in [4.69, 9.17) is 9.47 Å². The Labute approximate surface area is 321 Å². The summed E-state index contributed by atoms with van der Waals surface area (Å²) < 4.78 is 12.4. The van der Waals surface area contributed by atoms with Gasteiger partial charge in [-0.15, -0.1) is 0 Å². The summed E-state index contributed by atoms with van der Waals surface area (Å²) in [5, 5.41) is 0. The molecule has 4 nitrogen and oxygen atoms in total. The number of rotatable bonds is 20. The van der Waals surface area contributed by atoms with Gasteiger partial charge in [-0.2, -0.15) is 0 Å². The average molecular weight is 725 g/mol. The molecule has 0 spiro atoms. The summed E-state index contributed by atoms with van der Waals surface area (Å²) in [6.07, 6.45) is 42.6. The van der Waals surface area contributed by atoms with Crippen LogP contribution in [0.1, 0.15) is 226 Å². The van der Waals surface area contributed by atoms with Crippen molar-refractivity contribution in [2.45, 2.75) is 232 Å². The molecule has 0 radical (unpaired) electrons.